The second-order valence-electron chi connectivity index (χ2n) is 9.09. The van der Waals surface area contributed by atoms with Crippen LogP contribution in [0.25, 0.3) is 0 Å². The summed E-state index contributed by atoms with van der Waals surface area (Å²) < 4.78 is 38.9. The van der Waals surface area contributed by atoms with E-state index in [0.29, 0.717) is 24.9 Å². The number of hydrogen-bond donors (Lipinski definition) is 1. The summed E-state index contributed by atoms with van der Waals surface area (Å²) in [6.07, 6.45) is 0.790. The Kier molecular flexibility index (Phi) is 7.05. The van der Waals surface area contributed by atoms with Gasteiger partial charge in [-0.2, -0.15) is 13.2 Å². The molecule has 4 nitrogen and oxygen atoms in total. The highest BCUT2D eigenvalue weighted by Crippen LogP contribution is 2.37. The number of hydrogen-bond acceptors (Lipinski definition) is 2. The van der Waals surface area contributed by atoms with Gasteiger partial charge in [0.05, 0.1) is 17.5 Å². The molecule has 1 saturated heterocycles. The van der Waals surface area contributed by atoms with E-state index in [4.69, 9.17) is 0 Å². The fraction of sp³-hybridized carbons (Fsp3) is 0.462. The predicted octanol–water partition coefficient (Wildman–Crippen LogP) is 5.49. The molecule has 1 N–H and O–H groups in total. The van der Waals surface area contributed by atoms with Crippen molar-refractivity contribution < 1.29 is 22.8 Å². The molecule has 2 atom stereocenters. The Morgan fingerprint density at radius 2 is 1.64 bits per heavy atom. The molecule has 1 heterocycles. The Hall–Kier alpha value is -2.83. The van der Waals surface area contributed by atoms with Crippen LogP contribution < -0.4 is 5.32 Å². The van der Waals surface area contributed by atoms with Gasteiger partial charge in [0.1, 0.15) is 0 Å². The van der Waals surface area contributed by atoms with Crippen LogP contribution >= 0.6 is 0 Å². The lowest BCUT2D eigenvalue weighted by atomic mass is 9.87. The summed E-state index contributed by atoms with van der Waals surface area (Å²) in [5.41, 5.74) is 0.743. The van der Waals surface area contributed by atoms with E-state index in [2.05, 4.69) is 5.32 Å². The third kappa shape index (κ3) is 5.57. The smallest absolute Gasteiger partial charge is 0.352 e. The molecule has 2 amide bonds. The first kappa shape index (κ1) is 23.3. The van der Waals surface area contributed by atoms with Crippen LogP contribution in [0.1, 0.15) is 61.3 Å². The molecule has 4 rings (SSSR count). The number of alkyl halides is 3. The molecule has 2 fully saturated rings. The first-order valence-corrected chi connectivity index (χ1v) is 11.6. The summed E-state index contributed by atoms with van der Waals surface area (Å²) in [7, 11) is 0. The van der Waals surface area contributed by atoms with E-state index in [1.54, 1.807) is 6.07 Å². The second kappa shape index (κ2) is 9.98. The lowest BCUT2D eigenvalue weighted by Crippen LogP contribution is -2.48. The maximum absolute atomic E-state index is 13.4. The SMILES string of the molecule is O=C(NCc1cccc(C(F)(F)F)c1)C1CCC(c2ccccc2)N(C(=O)C2CCCC2)C1. The van der Waals surface area contributed by atoms with Gasteiger partial charge in [0.15, 0.2) is 0 Å². The van der Waals surface area contributed by atoms with Crippen molar-refractivity contribution in [2.24, 2.45) is 11.8 Å². The number of benzene rings is 2. The minimum absolute atomic E-state index is 0.0168. The molecule has 0 spiro atoms. The van der Waals surface area contributed by atoms with Gasteiger partial charge in [0.25, 0.3) is 0 Å². The van der Waals surface area contributed by atoms with E-state index < -0.39 is 11.7 Å². The zero-order valence-corrected chi connectivity index (χ0v) is 18.5. The number of carbonyl (C=O) groups excluding carboxylic acids is 2. The maximum atomic E-state index is 13.4. The van der Waals surface area contributed by atoms with Crippen molar-refractivity contribution in [1.82, 2.24) is 10.2 Å². The highest BCUT2D eigenvalue weighted by atomic mass is 19.4. The molecule has 2 aromatic carbocycles. The molecule has 2 aliphatic rings. The number of amides is 2. The number of piperidine rings is 1. The summed E-state index contributed by atoms with van der Waals surface area (Å²) >= 11 is 0. The van der Waals surface area contributed by atoms with E-state index in [0.717, 1.165) is 43.4 Å². The molecule has 1 saturated carbocycles. The van der Waals surface area contributed by atoms with Crippen molar-refractivity contribution >= 4 is 11.8 Å². The lowest BCUT2D eigenvalue weighted by molar-refractivity contribution is -0.142. The number of likely N-dealkylation sites (tertiary alicyclic amines) is 1. The molecule has 1 aliphatic heterocycles. The van der Waals surface area contributed by atoms with Crippen LogP contribution in [0.2, 0.25) is 0 Å². The van der Waals surface area contributed by atoms with Gasteiger partial charge >= 0.3 is 6.18 Å². The first-order valence-electron chi connectivity index (χ1n) is 11.6. The Balaban J connectivity index is 1.44. The van der Waals surface area contributed by atoms with Crippen LogP contribution in [-0.2, 0) is 22.3 Å². The van der Waals surface area contributed by atoms with Gasteiger partial charge in [-0.05, 0) is 48.9 Å². The molecule has 2 aromatic rings. The molecule has 1 aliphatic carbocycles. The Labute approximate surface area is 192 Å². The molecule has 33 heavy (non-hydrogen) atoms. The van der Waals surface area contributed by atoms with Gasteiger partial charge in [-0.25, -0.2) is 0 Å². The minimum atomic E-state index is -4.42. The molecule has 176 valence electrons. The highest BCUT2D eigenvalue weighted by molar-refractivity contribution is 5.83. The van der Waals surface area contributed by atoms with E-state index in [1.807, 2.05) is 35.2 Å². The van der Waals surface area contributed by atoms with Gasteiger partial charge in [-0.15, -0.1) is 0 Å². The predicted molar refractivity (Wildman–Crippen MR) is 119 cm³/mol. The average Bonchev–Trinajstić information content (AvgIpc) is 3.37. The largest absolute Gasteiger partial charge is 0.416 e. The van der Waals surface area contributed by atoms with Gasteiger partial charge in [0, 0.05) is 19.0 Å². The Morgan fingerprint density at radius 1 is 0.909 bits per heavy atom. The monoisotopic (exact) mass is 458 g/mol. The lowest BCUT2D eigenvalue weighted by Gasteiger charge is -2.40. The van der Waals surface area contributed by atoms with E-state index in [-0.39, 0.29) is 36.2 Å². The van der Waals surface area contributed by atoms with Crippen molar-refractivity contribution in [3.05, 3.63) is 71.3 Å². The molecular formula is C26H29F3N2O2. The van der Waals surface area contributed by atoms with Gasteiger partial charge in [-0.1, -0.05) is 55.3 Å². The average molecular weight is 459 g/mol. The number of nitrogens with one attached hydrogen (secondary N) is 1. The fourth-order valence-electron chi connectivity index (χ4n) is 5.05. The van der Waals surface area contributed by atoms with Gasteiger partial charge < -0.3 is 10.2 Å². The van der Waals surface area contributed by atoms with Gasteiger partial charge in [-0.3, -0.25) is 9.59 Å². The summed E-state index contributed by atoms with van der Waals surface area (Å²) in [6.45, 7) is 0.362. The summed E-state index contributed by atoms with van der Waals surface area (Å²) in [5, 5.41) is 2.79. The van der Waals surface area contributed by atoms with Crippen LogP contribution in [-0.4, -0.2) is 23.3 Å². The number of carbonyl (C=O) groups is 2. The van der Waals surface area contributed by atoms with Crippen molar-refractivity contribution in [3.8, 4) is 0 Å². The van der Waals surface area contributed by atoms with Crippen LogP contribution in [0.15, 0.2) is 54.6 Å². The summed E-state index contributed by atoms with van der Waals surface area (Å²) in [6, 6.07) is 14.8. The normalized spacial score (nSPS) is 21.7. The quantitative estimate of drug-likeness (QED) is 0.644. The third-order valence-electron chi connectivity index (χ3n) is 6.85. The number of halogens is 3. The van der Waals surface area contributed by atoms with Gasteiger partial charge in [0.2, 0.25) is 11.8 Å². The zero-order valence-electron chi connectivity index (χ0n) is 18.5. The highest BCUT2D eigenvalue weighted by Gasteiger charge is 2.38. The van der Waals surface area contributed by atoms with Crippen molar-refractivity contribution in [2.45, 2.75) is 57.3 Å². The molecule has 0 radical (unpaired) electrons. The molecule has 7 heteroatoms. The molecule has 2 unspecified atom stereocenters. The van der Waals surface area contributed by atoms with Crippen LogP contribution in [0.3, 0.4) is 0 Å². The first-order chi connectivity index (χ1) is 15.8. The Morgan fingerprint density at radius 3 is 2.33 bits per heavy atom. The van der Waals surface area contributed by atoms with Crippen molar-refractivity contribution in [2.75, 3.05) is 6.54 Å². The summed E-state index contributed by atoms with van der Waals surface area (Å²) in [5.74, 6) is -0.455. The molecule has 0 aromatic heterocycles. The van der Waals surface area contributed by atoms with Crippen LogP contribution in [0.4, 0.5) is 13.2 Å². The van der Waals surface area contributed by atoms with Crippen LogP contribution in [0.5, 0.6) is 0 Å². The zero-order chi connectivity index (χ0) is 23.4. The van der Waals surface area contributed by atoms with E-state index in [9.17, 15) is 22.8 Å². The second-order valence-corrected chi connectivity index (χ2v) is 9.09. The molecular weight excluding hydrogens is 429 g/mol. The fourth-order valence-corrected chi connectivity index (χ4v) is 5.05. The Bertz CT molecular complexity index is 971. The number of rotatable bonds is 5. The number of nitrogens with zero attached hydrogens (tertiary/aromatic N) is 1. The molecule has 0 bridgehead atoms. The van der Waals surface area contributed by atoms with Crippen molar-refractivity contribution in [3.63, 3.8) is 0 Å². The van der Waals surface area contributed by atoms with Crippen molar-refractivity contribution in [1.29, 1.82) is 0 Å². The standard InChI is InChI=1S/C26H29F3N2O2/c27-26(28,29)22-12-6-7-18(15-22)16-30-24(32)21-13-14-23(19-8-2-1-3-9-19)31(17-21)25(33)20-10-4-5-11-20/h1-3,6-9,12,15,20-21,23H,4-5,10-11,13-14,16-17H2,(H,30,32). The summed E-state index contributed by atoms with van der Waals surface area (Å²) in [4.78, 5) is 28.1. The van der Waals surface area contributed by atoms with E-state index >= 15 is 0 Å². The maximum Gasteiger partial charge on any atom is 0.416 e. The van der Waals surface area contributed by atoms with E-state index in [1.165, 1.54) is 6.07 Å². The van der Waals surface area contributed by atoms with Crippen LogP contribution in [0, 0.1) is 11.8 Å². The third-order valence-corrected chi connectivity index (χ3v) is 6.85. The minimum Gasteiger partial charge on any atom is -0.352 e. The topological polar surface area (TPSA) is 49.4 Å².